The van der Waals surface area contributed by atoms with E-state index in [4.69, 9.17) is 0 Å². The van der Waals surface area contributed by atoms with Crippen LogP contribution in [0.25, 0.3) is 0 Å². The van der Waals surface area contributed by atoms with Crippen molar-refractivity contribution >= 4 is 44.4 Å². The monoisotopic (exact) mass is 417 g/mol. The molecule has 0 radical (unpaired) electrons. The highest BCUT2D eigenvalue weighted by Gasteiger charge is 2.16. The summed E-state index contributed by atoms with van der Waals surface area (Å²) in [5, 5.41) is 6.37. The Morgan fingerprint density at radius 3 is 2.29 bits per heavy atom. The Balaban J connectivity index is 1.71. The average molecular weight is 418 g/mol. The minimum Gasteiger partial charge on any atom is -0.370 e. The lowest BCUT2D eigenvalue weighted by Gasteiger charge is -2.10. The minimum absolute atomic E-state index is 0.318. The van der Waals surface area contributed by atoms with E-state index in [0.29, 0.717) is 21.5 Å². The van der Waals surface area contributed by atoms with Gasteiger partial charge in [-0.15, -0.1) is 11.3 Å². The average Bonchev–Trinajstić information content (AvgIpc) is 3.13. The number of sulfonamides is 1. The first-order chi connectivity index (χ1) is 13.4. The summed E-state index contributed by atoms with van der Waals surface area (Å²) in [6, 6.07) is 12.3. The molecule has 9 heteroatoms. The van der Waals surface area contributed by atoms with Gasteiger partial charge in [-0.25, -0.2) is 18.4 Å². The lowest BCUT2D eigenvalue weighted by molar-refractivity contribution is 0.603. The fourth-order valence-electron chi connectivity index (χ4n) is 2.57. The number of aromatic nitrogens is 2. The lowest BCUT2D eigenvalue weighted by Crippen LogP contribution is -2.11. The molecule has 3 N–H and O–H groups in total. The molecule has 1 aromatic carbocycles. The van der Waals surface area contributed by atoms with Crippen molar-refractivity contribution in [1.82, 2.24) is 9.97 Å². The second kappa shape index (κ2) is 8.57. The Morgan fingerprint density at radius 2 is 1.64 bits per heavy atom. The molecule has 28 heavy (non-hydrogen) atoms. The van der Waals surface area contributed by atoms with Crippen LogP contribution >= 0.6 is 11.3 Å². The highest BCUT2D eigenvalue weighted by atomic mass is 32.2. The van der Waals surface area contributed by atoms with Crippen molar-refractivity contribution in [3.05, 3.63) is 53.2 Å². The van der Waals surface area contributed by atoms with Gasteiger partial charge in [-0.2, -0.15) is 0 Å². The number of hydrogen-bond donors (Lipinski definition) is 3. The zero-order chi connectivity index (χ0) is 20.1. The molecule has 0 aliphatic rings. The van der Waals surface area contributed by atoms with Gasteiger partial charge in [0.2, 0.25) is 0 Å². The number of anilines is 4. The van der Waals surface area contributed by atoms with Crippen LogP contribution in [0, 0.1) is 6.92 Å². The van der Waals surface area contributed by atoms with Gasteiger partial charge in [0.25, 0.3) is 10.0 Å². The molecule has 0 bridgehead atoms. The van der Waals surface area contributed by atoms with Crippen molar-refractivity contribution in [3.63, 3.8) is 0 Å². The van der Waals surface area contributed by atoms with E-state index >= 15 is 0 Å². The van der Waals surface area contributed by atoms with Gasteiger partial charge in [0.05, 0.1) is 0 Å². The molecule has 148 valence electrons. The fourth-order valence-corrected chi connectivity index (χ4v) is 4.93. The maximum Gasteiger partial charge on any atom is 0.271 e. The Labute approximate surface area is 169 Å². The minimum atomic E-state index is -3.57. The molecule has 0 aliphatic carbocycles. The van der Waals surface area contributed by atoms with E-state index in [9.17, 15) is 8.42 Å². The quantitative estimate of drug-likeness (QED) is 0.503. The number of benzene rings is 1. The zero-order valence-corrected chi connectivity index (χ0v) is 17.6. The molecule has 0 spiro atoms. The van der Waals surface area contributed by atoms with Gasteiger partial charge < -0.3 is 10.6 Å². The summed E-state index contributed by atoms with van der Waals surface area (Å²) < 4.78 is 27.9. The topological polar surface area (TPSA) is 96.0 Å². The molecule has 0 saturated carbocycles. The molecule has 0 saturated heterocycles. The van der Waals surface area contributed by atoms with Gasteiger partial charge >= 0.3 is 0 Å². The third kappa shape index (κ3) is 4.99. The van der Waals surface area contributed by atoms with Crippen LogP contribution in [0.2, 0.25) is 0 Å². The third-order valence-electron chi connectivity index (χ3n) is 3.86. The van der Waals surface area contributed by atoms with Crippen LogP contribution in [0.3, 0.4) is 0 Å². The highest BCUT2D eigenvalue weighted by Crippen LogP contribution is 2.25. The molecular weight excluding hydrogens is 394 g/mol. The van der Waals surface area contributed by atoms with Crippen LogP contribution in [-0.2, 0) is 16.4 Å². The summed E-state index contributed by atoms with van der Waals surface area (Å²) in [4.78, 5) is 9.73. The van der Waals surface area contributed by atoms with Crippen molar-refractivity contribution in [3.8, 4) is 0 Å². The Morgan fingerprint density at radius 1 is 0.964 bits per heavy atom. The van der Waals surface area contributed by atoms with E-state index in [1.165, 1.54) is 11.3 Å². The standard InChI is InChI=1S/C19H23N5O2S2/c1-4-16-10-11-19(27-16)28(25,26)24-15-8-6-14(7-9-15)23-18-12-17(20-5-2)21-13(3)22-18/h6-12,24H,4-5H2,1-3H3,(H2,20,21,22,23). The van der Waals surface area contributed by atoms with E-state index in [0.717, 1.165) is 29.3 Å². The number of nitrogens with zero attached hydrogens (tertiary/aromatic N) is 2. The second-order valence-corrected chi connectivity index (χ2v) is 9.18. The number of nitrogens with one attached hydrogen (secondary N) is 3. The van der Waals surface area contributed by atoms with Gasteiger partial charge in [-0.05, 0) is 56.7 Å². The van der Waals surface area contributed by atoms with Gasteiger partial charge in [-0.3, -0.25) is 4.72 Å². The molecular formula is C19H23N5O2S2. The number of rotatable bonds is 8. The first-order valence-corrected chi connectivity index (χ1v) is 11.3. The number of aryl methyl sites for hydroxylation is 2. The van der Waals surface area contributed by atoms with Crippen LogP contribution in [0.1, 0.15) is 24.5 Å². The summed E-state index contributed by atoms with van der Waals surface area (Å²) in [6.45, 7) is 6.61. The van der Waals surface area contributed by atoms with E-state index < -0.39 is 10.0 Å². The highest BCUT2D eigenvalue weighted by molar-refractivity contribution is 7.94. The Hall–Kier alpha value is -2.65. The SMILES string of the molecule is CCNc1cc(Nc2ccc(NS(=O)(=O)c3ccc(CC)s3)cc2)nc(C)n1. The molecule has 3 rings (SSSR count). The molecule has 3 aromatic rings. The van der Waals surface area contributed by atoms with Crippen molar-refractivity contribution in [2.45, 2.75) is 31.4 Å². The van der Waals surface area contributed by atoms with Gasteiger partial charge in [0.15, 0.2) is 0 Å². The first kappa shape index (κ1) is 20.1. The summed E-state index contributed by atoms with van der Waals surface area (Å²) in [5.74, 6) is 2.08. The zero-order valence-electron chi connectivity index (χ0n) is 16.0. The number of hydrogen-bond acceptors (Lipinski definition) is 7. The molecule has 7 nitrogen and oxygen atoms in total. The van der Waals surface area contributed by atoms with Crippen LogP contribution in [0.5, 0.6) is 0 Å². The maximum absolute atomic E-state index is 12.5. The predicted octanol–water partition coefficient (Wildman–Crippen LogP) is 4.39. The maximum atomic E-state index is 12.5. The largest absolute Gasteiger partial charge is 0.370 e. The summed E-state index contributed by atoms with van der Waals surface area (Å²) >= 11 is 1.29. The third-order valence-corrected chi connectivity index (χ3v) is 6.96. The van der Waals surface area contributed by atoms with Crippen LogP contribution < -0.4 is 15.4 Å². The van der Waals surface area contributed by atoms with Gasteiger partial charge in [0, 0.05) is 28.9 Å². The van der Waals surface area contributed by atoms with Gasteiger partial charge in [-0.1, -0.05) is 6.92 Å². The Kier molecular flexibility index (Phi) is 6.15. The normalized spacial score (nSPS) is 11.2. The van der Waals surface area contributed by atoms with Crippen molar-refractivity contribution in [1.29, 1.82) is 0 Å². The molecule has 0 unspecified atom stereocenters. The van der Waals surface area contributed by atoms with Crippen molar-refractivity contribution < 1.29 is 8.42 Å². The molecule has 0 aliphatic heterocycles. The summed E-state index contributed by atoms with van der Waals surface area (Å²) in [5.41, 5.74) is 1.30. The van der Waals surface area contributed by atoms with E-state index in [2.05, 4.69) is 25.3 Å². The van der Waals surface area contributed by atoms with Crippen LogP contribution in [0.15, 0.2) is 46.7 Å². The van der Waals surface area contributed by atoms with E-state index in [-0.39, 0.29) is 0 Å². The summed E-state index contributed by atoms with van der Waals surface area (Å²) in [7, 11) is -3.57. The molecule has 2 heterocycles. The molecule has 0 atom stereocenters. The van der Waals surface area contributed by atoms with Crippen LogP contribution in [-0.4, -0.2) is 24.9 Å². The first-order valence-electron chi connectivity index (χ1n) is 8.97. The van der Waals surface area contributed by atoms with Gasteiger partial charge in [0.1, 0.15) is 21.7 Å². The fraction of sp³-hybridized carbons (Fsp3) is 0.263. The predicted molar refractivity (Wildman–Crippen MR) is 115 cm³/mol. The lowest BCUT2D eigenvalue weighted by atomic mass is 10.3. The van der Waals surface area contributed by atoms with E-state index in [1.54, 1.807) is 30.3 Å². The molecule has 2 aromatic heterocycles. The number of thiophene rings is 1. The Bertz CT molecular complexity index is 1050. The smallest absolute Gasteiger partial charge is 0.271 e. The molecule has 0 fully saturated rings. The summed E-state index contributed by atoms with van der Waals surface area (Å²) in [6.07, 6.45) is 0.818. The van der Waals surface area contributed by atoms with Crippen LogP contribution in [0.4, 0.5) is 23.0 Å². The van der Waals surface area contributed by atoms with E-state index in [1.807, 2.05) is 32.9 Å². The molecule has 0 amide bonds. The van der Waals surface area contributed by atoms with Crippen molar-refractivity contribution in [2.75, 3.05) is 21.9 Å². The second-order valence-electron chi connectivity index (χ2n) is 6.10. The van der Waals surface area contributed by atoms with Crippen molar-refractivity contribution in [2.24, 2.45) is 0 Å².